The van der Waals surface area contributed by atoms with Gasteiger partial charge in [-0.05, 0) is 35.2 Å². The smallest absolute Gasteiger partial charge is 0.265 e. The van der Waals surface area contributed by atoms with Crippen LogP contribution < -0.4 is 5.32 Å². The minimum atomic E-state index is -0.0705. The van der Waals surface area contributed by atoms with E-state index in [4.69, 9.17) is 0 Å². The quantitative estimate of drug-likeness (QED) is 0.499. The Bertz CT molecular complexity index is 1060. The maximum atomic E-state index is 12.6. The van der Waals surface area contributed by atoms with Gasteiger partial charge in [0.15, 0.2) is 0 Å². The van der Waals surface area contributed by atoms with Crippen molar-refractivity contribution in [3.05, 3.63) is 83.3 Å². The van der Waals surface area contributed by atoms with Crippen molar-refractivity contribution in [3.63, 3.8) is 0 Å². The van der Waals surface area contributed by atoms with Crippen LogP contribution in [-0.4, -0.2) is 15.5 Å². The lowest BCUT2D eigenvalue weighted by Gasteiger charge is -2.11. The molecule has 4 rings (SSSR count). The third kappa shape index (κ3) is 3.78. The number of imidazole rings is 1. The summed E-state index contributed by atoms with van der Waals surface area (Å²) in [5.74, 6) is 1.37. The molecule has 1 N–H and O–H groups in total. The highest BCUT2D eigenvalue weighted by molar-refractivity contribution is 7.20. The number of aromatic nitrogens is 2. The fourth-order valence-corrected chi connectivity index (χ4v) is 4.14. The van der Waals surface area contributed by atoms with E-state index in [1.54, 1.807) is 0 Å². The third-order valence-corrected chi connectivity index (χ3v) is 5.57. The van der Waals surface area contributed by atoms with Crippen molar-refractivity contribution in [1.29, 1.82) is 0 Å². The Labute approximate surface area is 162 Å². The van der Waals surface area contributed by atoms with Crippen molar-refractivity contribution < 1.29 is 4.79 Å². The second-order valence-corrected chi connectivity index (χ2v) is 7.95. The molecule has 4 nitrogen and oxygen atoms in total. The van der Waals surface area contributed by atoms with E-state index in [0.717, 1.165) is 38.6 Å². The highest BCUT2D eigenvalue weighted by Crippen LogP contribution is 2.26. The van der Waals surface area contributed by atoms with Crippen molar-refractivity contribution in [3.8, 4) is 0 Å². The normalized spacial score (nSPS) is 11.2. The van der Waals surface area contributed by atoms with E-state index < -0.39 is 0 Å². The van der Waals surface area contributed by atoms with Crippen LogP contribution in [-0.2, 0) is 6.54 Å². The monoisotopic (exact) mass is 375 g/mol. The lowest BCUT2D eigenvalue weighted by atomic mass is 10.1. The summed E-state index contributed by atoms with van der Waals surface area (Å²) in [5.41, 5.74) is 1.94. The first kappa shape index (κ1) is 17.5. The topological polar surface area (TPSA) is 46.9 Å². The van der Waals surface area contributed by atoms with Gasteiger partial charge in [0.05, 0.1) is 4.88 Å². The molecule has 0 aliphatic rings. The summed E-state index contributed by atoms with van der Waals surface area (Å²) >= 11 is 1.51. The molecule has 2 aromatic heterocycles. The first-order chi connectivity index (χ1) is 13.1. The summed E-state index contributed by atoms with van der Waals surface area (Å²) in [6, 6.07) is 18.0. The van der Waals surface area contributed by atoms with Crippen molar-refractivity contribution in [2.24, 2.45) is 0 Å². The van der Waals surface area contributed by atoms with Crippen LogP contribution in [0, 0.1) is 0 Å². The van der Waals surface area contributed by atoms with Gasteiger partial charge in [0.2, 0.25) is 0 Å². The largest absolute Gasteiger partial charge is 0.330 e. The van der Waals surface area contributed by atoms with Crippen LogP contribution in [0.4, 0.5) is 5.69 Å². The van der Waals surface area contributed by atoms with Crippen molar-refractivity contribution in [2.45, 2.75) is 26.3 Å². The lowest BCUT2D eigenvalue weighted by Crippen LogP contribution is -2.11. The number of carbonyl (C=O) groups excluding carboxylic acids is 1. The van der Waals surface area contributed by atoms with Gasteiger partial charge in [-0.1, -0.05) is 44.2 Å². The summed E-state index contributed by atoms with van der Waals surface area (Å²) in [6.45, 7) is 5.01. The van der Waals surface area contributed by atoms with Crippen molar-refractivity contribution in [1.82, 2.24) is 9.55 Å². The van der Waals surface area contributed by atoms with Crippen LogP contribution in [0.25, 0.3) is 10.1 Å². The van der Waals surface area contributed by atoms with E-state index in [1.807, 2.05) is 60.9 Å². The van der Waals surface area contributed by atoms with Crippen LogP contribution in [0.1, 0.15) is 40.8 Å². The molecule has 1 amide bonds. The van der Waals surface area contributed by atoms with E-state index >= 15 is 0 Å². The van der Waals surface area contributed by atoms with E-state index in [2.05, 4.69) is 34.8 Å². The molecule has 0 saturated heterocycles. The van der Waals surface area contributed by atoms with Gasteiger partial charge in [0.25, 0.3) is 5.91 Å². The van der Waals surface area contributed by atoms with E-state index in [0.29, 0.717) is 5.92 Å². The number of fused-ring (bicyclic) bond motifs is 1. The lowest BCUT2D eigenvalue weighted by molar-refractivity contribution is 0.103. The Morgan fingerprint density at radius 1 is 1.15 bits per heavy atom. The first-order valence-corrected chi connectivity index (χ1v) is 9.82. The Kier molecular flexibility index (Phi) is 4.77. The molecule has 0 aliphatic heterocycles. The number of hydrogen-bond donors (Lipinski definition) is 1. The van der Waals surface area contributed by atoms with Crippen LogP contribution >= 0.6 is 11.3 Å². The minimum Gasteiger partial charge on any atom is -0.330 e. The van der Waals surface area contributed by atoms with Crippen LogP contribution in [0.3, 0.4) is 0 Å². The Morgan fingerprint density at radius 3 is 2.81 bits per heavy atom. The molecule has 0 saturated carbocycles. The van der Waals surface area contributed by atoms with Crippen LogP contribution in [0.5, 0.6) is 0 Å². The van der Waals surface area contributed by atoms with Gasteiger partial charge in [-0.25, -0.2) is 4.98 Å². The van der Waals surface area contributed by atoms with Gasteiger partial charge in [-0.2, -0.15) is 0 Å². The molecule has 0 unspecified atom stereocenters. The SMILES string of the molecule is CC(C)c1nccn1Cc1cccc(NC(=O)c2cc3ccccc3s2)c1. The van der Waals surface area contributed by atoms with Gasteiger partial charge in [-0.3, -0.25) is 4.79 Å². The zero-order valence-electron chi connectivity index (χ0n) is 15.3. The summed E-state index contributed by atoms with van der Waals surface area (Å²) < 4.78 is 3.27. The Balaban J connectivity index is 1.52. The average molecular weight is 375 g/mol. The second-order valence-electron chi connectivity index (χ2n) is 6.87. The maximum absolute atomic E-state index is 12.6. The average Bonchev–Trinajstić information content (AvgIpc) is 3.28. The zero-order valence-corrected chi connectivity index (χ0v) is 16.2. The first-order valence-electron chi connectivity index (χ1n) is 9.00. The van der Waals surface area contributed by atoms with Gasteiger partial charge in [0, 0.05) is 35.2 Å². The molecule has 27 heavy (non-hydrogen) atoms. The van der Waals surface area contributed by atoms with Crippen LogP contribution in [0.15, 0.2) is 67.0 Å². The fourth-order valence-electron chi connectivity index (χ4n) is 3.19. The molecule has 0 fully saturated rings. The number of benzene rings is 2. The van der Waals surface area contributed by atoms with Gasteiger partial charge >= 0.3 is 0 Å². The third-order valence-electron chi connectivity index (χ3n) is 4.45. The molecule has 136 valence electrons. The number of thiophene rings is 1. The van der Waals surface area contributed by atoms with Crippen molar-refractivity contribution in [2.75, 3.05) is 5.32 Å². The molecule has 2 aromatic carbocycles. The molecule has 4 aromatic rings. The zero-order chi connectivity index (χ0) is 18.8. The molecule has 0 atom stereocenters. The highest BCUT2D eigenvalue weighted by atomic mass is 32.1. The summed E-state index contributed by atoms with van der Waals surface area (Å²) in [7, 11) is 0. The molecule has 2 heterocycles. The molecule has 0 aliphatic carbocycles. The molecule has 0 radical (unpaired) electrons. The minimum absolute atomic E-state index is 0.0705. The molecule has 0 bridgehead atoms. The number of rotatable bonds is 5. The number of carbonyl (C=O) groups is 1. The van der Waals surface area contributed by atoms with E-state index in [1.165, 1.54) is 11.3 Å². The number of nitrogens with one attached hydrogen (secondary N) is 1. The van der Waals surface area contributed by atoms with E-state index in [9.17, 15) is 4.79 Å². The standard InChI is InChI=1S/C22H21N3OS/c1-15(2)21-23-10-11-25(21)14-16-6-5-8-18(12-16)24-22(26)20-13-17-7-3-4-9-19(17)27-20/h3-13,15H,14H2,1-2H3,(H,24,26). The molecular formula is C22H21N3OS. The van der Waals surface area contributed by atoms with E-state index in [-0.39, 0.29) is 5.91 Å². The van der Waals surface area contributed by atoms with Gasteiger partial charge in [0.1, 0.15) is 5.82 Å². The maximum Gasteiger partial charge on any atom is 0.265 e. The summed E-state index contributed by atoms with van der Waals surface area (Å²) in [6.07, 6.45) is 3.83. The van der Waals surface area contributed by atoms with Gasteiger partial charge in [-0.15, -0.1) is 11.3 Å². The Hall–Kier alpha value is -2.92. The van der Waals surface area contributed by atoms with Gasteiger partial charge < -0.3 is 9.88 Å². The molecule has 5 heteroatoms. The van der Waals surface area contributed by atoms with Crippen molar-refractivity contribution >= 4 is 33.0 Å². The molecular weight excluding hydrogens is 354 g/mol. The summed E-state index contributed by atoms with van der Waals surface area (Å²) in [5, 5.41) is 4.12. The molecule has 0 spiro atoms. The fraction of sp³-hybridized carbons (Fsp3) is 0.182. The highest BCUT2D eigenvalue weighted by Gasteiger charge is 2.11. The predicted molar refractivity (Wildman–Crippen MR) is 112 cm³/mol. The summed E-state index contributed by atoms with van der Waals surface area (Å²) in [4.78, 5) is 17.8. The number of anilines is 1. The second kappa shape index (κ2) is 7.37. The predicted octanol–water partition coefficient (Wildman–Crippen LogP) is 5.52. The number of hydrogen-bond acceptors (Lipinski definition) is 3. The van der Waals surface area contributed by atoms with Crippen LogP contribution in [0.2, 0.25) is 0 Å². The number of amides is 1. The Morgan fingerprint density at radius 2 is 2.00 bits per heavy atom. The number of nitrogens with zero attached hydrogens (tertiary/aromatic N) is 2.